The van der Waals surface area contributed by atoms with Crippen molar-refractivity contribution in [3.05, 3.63) is 0 Å². The number of hydrogen-bond acceptors (Lipinski definition) is 15. The third-order valence-electron chi connectivity index (χ3n) is 17.8. The van der Waals surface area contributed by atoms with Gasteiger partial charge in [0.05, 0.1) is 26.4 Å². The summed E-state index contributed by atoms with van der Waals surface area (Å²) in [5.74, 6) is -0.627. The number of rotatable bonds is 74. The highest BCUT2D eigenvalue weighted by atomic mass is 31.2. The molecule has 0 saturated heterocycles. The molecular weight excluding hydrogens is 1230 g/mol. The molecule has 0 fully saturated rings. The van der Waals surface area contributed by atoms with E-state index in [0.29, 0.717) is 25.7 Å². The zero-order valence-corrected chi connectivity index (χ0v) is 63.1. The zero-order valence-electron chi connectivity index (χ0n) is 61.3. The SMILES string of the molecule is CCCCCCCCCCCCCCCCCCCCCCCCC(=O)O[C@H](COC(=O)CCCCCCCCCCC(C)CC)COP(=O)(O)OC[C@@H](O)COP(=O)(O)OC[C@@H](COC(=O)CCCCCCCCCCC)OC(=O)CCCCCCCCCCC(C)C. The monoisotopic (exact) mass is 1380 g/mol. The van der Waals surface area contributed by atoms with Crippen molar-refractivity contribution < 1.29 is 80.2 Å². The fraction of sp³-hybridized carbons (Fsp3) is 0.947. The van der Waals surface area contributed by atoms with E-state index in [1.165, 1.54) is 205 Å². The van der Waals surface area contributed by atoms with Gasteiger partial charge in [-0.25, -0.2) is 9.13 Å². The summed E-state index contributed by atoms with van der Waals surface area (Å²) < 4.78 is 68.4. The second-order valence-electron chi connectivity index (χ2n) is 27.8. The lowest BCUT2D eigenvalue weighted by molar-refractivity contribution is -0.161. The summed E-state index contributed by atoms with van der Waals surface area (Å²) in [6, 6.07) is 0. The molecule has 0 aliphatic heterocycles. The summed E-state index contributed by atoms with van der Waals surface area (Å²) in [5, 5.41) is 10.6. The number of aliphatic hydroxyl groups excluding tert-OH is 1. The van der Waals surface area contributed by atoms with E-state index in [-0.39, 0.29) is 25.7 Å². The third kappa shape index (κ3) is 67.3. The number of carbonyl (C=O) groups excluding carboxylic acids is 4. The number of ether oxygens (including phenoxy) is 4. The number of phosphoric ester groups is 2. The first-order valence-electron chi connectivity index (χ1n) is 39.0. The van der Waals surface area contributed by atoms with Gasteiger partial charge in [0, 0.05) is 25.7 Å². The van der Waals surface area contributed by atoms with E-state index in [1.54, 1.807) is 0 Å². The van der Waals surface area contributed by atoms with E-state index in [9.17, 15) is 43.2 Å². The molecule has 19 heteroatoms. The molecule has 0 aliphatic carbocycles. The lowest BCUT2D eigenvalue weighted by Crippen LogP contribution is -2.30. The van der Waals surface area contributed by atoms with E-state index < -0.39 is 97.5 Å². The van der Waals surface area contributed by atoms with Gasteiger partial charge in [-0.2, -0.15) is 0 Å². The van der Waals surface area contributed by atoms with Crippen LogP contribution in [0.1, 0.15) is 388 Å². The van der Waals surface area contributed by atoms with Crippen LogP contribution in [-0.4, -0.2) is 96.7 Å². The Morgan fingerprint density at radius 2 is 0.543 bits per heavy atom. The molecule has 0 bridgehead atoms. The van der Waals surface area contributed by atoms with Crippen LogP contribution in [0.2, 0.25) is 0 Å². The van der Waals surface area contributed by atoms with Crippen LogP contribution in [0, 0.1) is 11.8 Å². The number of esters is 4. The van der Waals surface area contributed by atoms with E-state index in [1.807, 2.05) is 0 Å². The Labute approximate surface area is 575 Å². The van der Waals surface area contributed by atoms with Crippen LogP contribution < -0.4 is 0 Å². The third-order valence-corrected chi connectivity index (χ3v) is 19.7. The molecule has 0 amide bonds. The Hall–Kier alpha value is -1.94. The number of carbonyl (C=O) groups is 4. The lowest BCUT2D eigenvalue weighted by atomic mass is 9.99. The summed E-state index contributed by atoms with van der Waals surface area (Å²) in [6.45, 7) is 9.52. The van der Waals surface area contributed by atoms with Crippen LogP contribution in [0.3, 0.4) is 0 Å². The molecule has 3 N–H and O–H groups in total. The molecule has 0 aliphatic rings. The normalized spacial score (nSPS) is 14.3. The molecule has 17 nitrogen and oxygen atoms in total. The first kappa shape index (κ1) is 92.1. The van der Waals surface area contributed by atoms with Gasteiger partial charge in [0.1, 0.15) is 19.3 Å². The van der Waals surface area contributed by atoms with Crippen LogP contribution in [0.15, 0.2) is 0 Å². The molecule has 0 radical (unpaired) electrons. The fourth-order valence-electron chi connectivity index (χ4n) is 11.4. The summed E-state index contributed by atoms with van der Waals surface area (Å²) in [5.41, 5.74) is 0. The minimum atomic E-state index is -4.96. The van der Waals surface area contributed by atoms with Crippen LogP contribution in [0.4, 0.5) is 0 Å². The highest BCUT2D eigenvalue weighted by Crippen LogP contribution is 2.45. The molecule has 0 aromatic rings. The van der Waals surface area contributed by atoms with Crippen LogP contribution in [0.25, 0.3) is 0 Å². The van der Waals surface area contributed by atoms with E-state index in [4.69, 9.17) is 37.0 Å². The molecule has 6 atom stereocenters. The first-order chi connectivity index (χ1) is 45.4. The Bertz CT molecular complexity index is 1820. The molecule has 558 valence electrons. The highest BCUT2D eigenvalue weighted by Gasteiger charge is 2.30. The van der Waals surface area contributed by atoms with Crippen molar-refractivity contribution in [2.45, 2.75) is 407 Å². The quantitative estimate of drug-likeness (QED) is 0.0222. The van der Waals surface area contributed by atoms with E-state index in [2.05, 4.69) is 41.5 Å². The van der Waals surface area contributed by atoms with Gasteiger partial charge in [-0.15, -0.1) is 0 Å². The number of unbranched alkanes of at least 4 members (excludes halogenated alkanes) is 43. The van der Waals surface area contributed by atoms with Gasteiger partial charge in [0.15, 0.2) is 12.2 Å². The van der Waals surface area contributed by atoms with Gasteiger partial charge in [-0.05, 0) is 37.5 Å². The number of hydrogen-bond donors (Lipinski definition) is 3. The van der Waals surface area contributed by atoms with Gasteiger partial charge < -0.3 is 33.8 Å². The lowest BCUT2D eigenvalue weighted by Gasteiger charge is -2.21. The average Bonchev–Trinajstić information content (AvgIpc) is 3.10. The van der Waals surface area contributed by atoms with Crippen LogP contribution in [0.5, 0.6) is 0 Å². The molecule has 0 aromatic heterocycles. The largest absolute Gasteiger partial charge is 0.472 e. The van der Waals surface area contributed by atoms with Gasteiger partial charge >= 0.3 is 39.5 Å². The van der Waals surface area contributed by atoms with Crippen molar-refractivity contribution in [3.8, 4) is 0 Å². The molecule has 0 saturated carbocycles. The standard InChI is InChI=1S/C75H146O17P2/c1-7-10-12-14-16-18-19-20-21-22-23-24-25-26-27-28-29-30-32-41-47-53-59-74(79)91-70(64-86-73(78)58-52-46-40-36-34-38-44-50-56-68(6)9-3)65-89-93(81,82)87-61-69(76)62-88-94(83,84)90-66-71(63-85-72(77)57-51-45-39-31-17-15-13-11-8-2)92-75(80)60-54-48-42-35-33-37-43-49-55-67(4)5/h67-71,76H,7-66H2,1-6H3,(H,81,82)(H,83,84)/t68?,69-,70-,71-/m1/s1. The maximum atomic E-state index is 13.1. The van der Waals surface area contributed by atoms with Crippen molar-refractivity contribution in [2.24, 2.45) is 11.8 Å². The minimum Gasteiger partial charge on any atom is -0.462 e. The van der Waals surface area contributed by atoms with Gasteiger partial charge in [-0.1, -0.05) is 337 Å². The molecule has 3 unspecified atom stereocenters. The molecular formula is C75H146O17P2. The van der Waals surface area contributed by atoms with Gasteiger partial charge in [0.2, 0.25) is 0 Å². The summed E-state index contributed by atoms with van der Waals surface area (Å²) in [7, 11) is -9.90. The topological polar surface area (TPSA) is 237 Å². The molecule has 0 rings (SSSR count). The number of aliphatic hydroxyl groups is 1. The smallest absolute Gasteiger partial charge is 0.462 e. The predicted molar refractivity (Wildman–Crippen MR) is 381 cm³/mol. The summed E-state index contributed by atoms with van der Waals surface area (Å²) in [4.78, 5) is 72.6. The summed E-state index contributed by atoms with van der Waals surface area (Å²) in [6.07, 6.45) is 54.3. The molecule has 0 aromatic carbocycles. The highest BCUT2D eigenvalue weighted by molar-refractivity contribution is 7.47. The molecule has 0 heterocycles. The molecule has 0 spiro atoms. The van der Waals surface area contributed by atoms with Crippen LogP contribution >= 0.6 is 15.6 Å². The second kappa shape index (κ2) is 66.9. The van der Waals surface area contributed by atoms with Crippen molar-refractivity contribution in [1.29, 1.82) is 0 Å². The van der Waals surface area contributed by atoms with Gasteiger partial charge in [-0.3, -0.25) is 37.3 Å². The maximum absolute atomic E-state index is 13.1. The molecule has 94 heavy (non-hydrogen) atoms. The van der Waals surface area contributed by atoms with Crippen molar-refractivity contribution in [2.75, 3.05) is 39.6 Å². The van der Waals surface area contributed by atoms with Crippen molar-refractivity contribution in [3.63, 3.8) is 0 Å². The summed E-state index contributed by atoms with van der Waals surface area (Å²) >= 11 is 0. The number of phosphoric acid groups is 2. The first-order valence-corrected chi connectivity index (χ1v) is 42.0. The Balaban J connectivity index is 5.16. The van der Waals surface area contributed by atoms with Crippen molar-refractivity contribution >= 4 is 39.5 Å². The predicted octanol–water partition coefficient (Wildman–Crippen LogP) is 21.9. The van der Waals surface area contributed by atoms with Crippen LogP contribution in [-0.2, 0) is 65.4 Å². The Morgan fingerprint density at radius 1 is 0.309 bits per heavy atom. The van der Waals surface area contributed by atoms with E-state index >= 15 is 0 Å². The fourth-order valence-corrected chi connectivity index (χ4v) is 13.0. The van der Waals surface area contributed by atoms with Gasteiger partial charge in [0.25, 0.3) is 0 Å². The Morgan fingerprint density at radius 3 is 0.809 bits per heavy atom. The Kier molecular flexibility index (Phi) is 65.5. The average molecular weight is 1380 g/mol. The zero-order chi connectivity index (χ0) is 69.3. The minimum absolute atomic E-state index is 0.104. The van der Waals surface area contributed by atoms with Crippen molar-refractivity contribution in [1.82, 2.24) is 0 Å². The van der Waals surface area contributed by atoms with E-state index in [0.717, 1.165) is 102 Å². The maximum Gasteiger partial charge on any atom is 0.472 e. The second-order valence-corrected chi connectivity index (χ2v) is 30.7.